The Morgan fingerprint density at radius 1 is 1.45 bits per heavy atom. The summed E-state index contributed by atoms with van der Waals surface area (Å²) < 4.78 is 1.72. The highest BCUT2D eigenvalue weighted by Crippen LogP contribution is 2.37. The van der Waals surface area contributed by atoms with Gasteiger partial charge in [0.05, 0.1) is 0 Å². The first kappa shape index (κ1) is 15.6. The molecule has 0 bridgehead atoms. The third-order valence-electron chi connectivity index (χ3n) is 4.26. The minimum atomic E-state index is -0.100. The van der Waals surface area contributed by atoms with Crippen molar-refractivity contribution in [1.82, 2.24) is 20.1 Å². The van der Waals surface area contributed by atoms with E-state index in [0.29, 0.717) is 17.8 Å². The van der Waals surface area contributed by atoms with Gasteiger partial charge in [0.15, 0.2) is 5.16 Å². The van der Waals surface area contributed by atoms with Crippen LogP contribution in [0.1, 0.15) is 46.0 Å². The van der Waals surface area contributed by atoms with Crippen molar-refractivity contribution in [2.24, 2.45) is 5.92 Å². The Kier molecular flexibility index (Phi) is 5.72. The van der Waals surface area contributed by atoms with E-state index in [-0.39, 0.29) is 5.69 Å². The molecule has 0 aromatic carbocycles. The molecule has 3 unspecified atom stereocenters. The summed E-state index contributed by atoms with van der Waals surface area (Å²) >= 11 is 1.76. The first-order valence-electron chi connectivity index (χ1n) is 7.68. The van der Waals surface area contributed by atoms with Gasteiger partial charge in [-0.1, -0.05) is 31.5 Å². The van der Waals surface area contributed by atoms with Crippen LogP contribution in [-0.4, -0.2) is 33.1 Å². The van der Waals surface area contributed by atoms with Gasteiger partial charge in [0.1, 0.15) is 0 Å². The van der Waals surface area contributed by atoms with Crippen molar-refractivity contribution in [3.05, 3.63) is 10.5 Å². The van der Waals surface area contributed by atoms with Gasteiger partial charge in [0.25, 0.3) is 0 Å². The van der Waals surface area contributed by atoms with E-state index in [1.165, 1.54) is 32.1 Å². The van der Waals surface area contributed by atoms with Crippen molar-refractivity contribution in [3.8, 4) is 0 Å². The molecule has 0 saturated heterocycles. The average molecular weight is 298 g/mol. The standard InChI is InChI=1S/C14H26N4OS/c1-4-6-10-7-8-11(15-3)12(9-10)20-14-17-16-13(19)18(14)5-2/h10-12,15H,4-9H2,1-3H3,(H,16,19). The van der Waals surface area contributed by atoms with E-state index in [1.54, 1.807) is 16.3 Å². The molecule has 2 rings (SSSR count). The van der Waals surface area contributed by atoms with Gasteiger partial charge in [-0.3, -0.25) is 4.57 Å². The molecule has 0 spiro atoms. The molecule has 1 fully saturated rings. The molecule has 1 heterocycles. The number of thioether (sulfide) groups is 1. The van der Waals surface area contributed by atoms with Crippen molar-refractivity contribution in [2.45, 2.75) is 68.9 Å². The van der Waals surface area contributed by atoms with Crippen LogP contribution < -0.4 is 11.0 Å². The SMILES string of the molecule is CCCC1CCC(NC)C(Sc2n[nH]c(=O)n2CC)C1. The van der Waals surface area contributed by atoms with Gasteiger partial charge in [-0.15, -0.1) is 5.10 Å². The highest BCUT2D eigenvalue weighted by atomic mass is 32.2. The monoisotopic (exact) mass is 298 g/mol. The van der Waals surface area contributed by atoms with E-state index in [0.717, 1.165) is 11.1 Å². The molecule has 2 N–H and O–H groups in total. The molecular weight excluding hydrogens is 272 g/mol. The maximum absolute atomic E-state index is 11.6. The zero-order valence-corrected chi connectivity index (χ0v) is 13.5. The molecule has 0 amide bonds. The summed E-state index contributed by atoms with van der Waals surface area (Å²) in [6.45, 7) is 4.92. The Bertz CT molecular complexity index is 470. The van der Waals surface area contributed by atoms with Crippen LogP contribution in [0.5, 0.6) is 0 Å². The van der Waals surface area contributed by atoms with Crippen LogP contribution >= 0.6 is 11.8 Å². The number of aromatic nitrogens is 3. The lowest BCUT2D eigenvalue weighted by atomic mass is 9.83. The van der Waals surface area contributed by atoms with Crippen LogP contribution in [0.4, 0.5) is 0 Å². The highest BCUT2D eigenvalue weighted by molar-refractivity contribution is 7.99. The van der Waals surface area contributed by atoms with Crippen LogP contribution in [0.2, 0.25) is 0 Å². The number of H-pyrrole nitrogens is 1. The van der Waals surface area contributed by atoms with Crippen LogP contribution in [0, 0.1) is 5.92 Å². The molecule has 1 aliphatic carbocycles. The van der Waals surface area contributed by atoms with E-state index in [4.69, 9.17) is 0 Å². The molecule has 0 radical (unpaired) electrons. The third kappa shape index (κ3) is 3.47. The van der Waals surface area contributed by atoms with Gasteiger partial charge in [-0.25, -0.2) is 9.89 Å². The topological polar surface area (TPSA) is 62.7 Å². The summed E-state index contributed by atoms with van der Waals surface area (Å²) in [4.78, 5) is 11.6. The fourth-order valence-electron chi connectivity index (χ4n) is 3.15. The Labute approximate surface area is 124 Å². The lowest BCUT2D eigenvalue weighted by molar-refractivity contribution is 0.295. The minimum Gasteiger partial charge on any atom is -0.316 e. The Balaban J connectivity index is 2.09. The van der Waals surface area contributed by atoms with E-state index >= 15 is 0 Å². The van der Waals surface area contributed by atoms with Crippen molar-refractivity contribution in [2.75, 3.05) is 7.05 Å². The number of aromatic amines is 1. The molecular formula is C14H26N4OS. The summed E-state index contributed by atoms with van der Waals surface area (Å²) in [5, 5.41) is 11.5. The Morgan fingerprint density at radius 3 is 2.90 bits per heavy atom. The fraction of sp³-hybridized carbons (Fsp3) is 0.857. The van der Waals surface area contributed by atoms with Crippen molar-refractivity contribution < 1.29 is 0 Å². The second-order valence-corrected chi connectivity index (χ2v) is 6.78. The van der Waals surface area contributed by atoms with Crippen LogP contribution in [0.3, 0.4) is 0 Å². The van der Waals surface area contributed by atoms with E-state index < -0.39 is 0 Å². The molecule has 20 heavy (non-hydrogen) atoms. The van der Waals surface area contributed by atoms with Gasteiger partial charge in [0.2, 0.25) is 0 Å². The summed E-state index contributed by atoms with van der Waals surface area (Å²) in [6.07, 6.45) is 6.33. The van der Waals surface area contributed by atoms with Crippen molar-refractivity contribution in [3.63, 3.8) is 0 Å². The molecule has 6 heteroatoms. The quantitative estimate of drug-likeness (QED) is 0.845. The molecule has 0 aliphatic heterocycles. The number of hydrogen-bond donors (Lipinski definition) is 2. The summed E-state index contributed by atoms with van der Waals surface area (Å²) in [6, 6.07) is 0.519. The Morgan fingerprint density at radius 2 is 2.25 bits per heavy atom. The van der Waals surface area contributed by atoms with E-state index in [9.17, 15) is 4.79 Å². The number of nitrogens with zero attached hydrogens (tertiary/aromatic N) is 2. The second kappa shape index (κ2) is 7.31. The van der Waals surface area contributed by atoms with E-state index in [2.05, 4.69) is 22.4 Å². The second-order valence-electron chi connectivity index (χ2n) is 5.57. The van der Waals surface area contributed by atoms with Crippen molar-refractivity contribution >= 4 is 11.8 Å². The zero-order valence-electron chi connectivity index (χ0n) is 12.7. The van der Waals surface area contributed by atoms with Crippen LogP contribution in [-0.2, 0) is 6.54 Å². The minimum absolute atomic E-state index is 0.100. The lowest BCUT2D eigenvalue weighted by Crippen LogP contribution is -2.41. The van der Waals surface area contributed by atoms with Crippen LogP contribution in [0.15, 0.2) is 9.95 Å². The molecule has 1 saturated carbocycles. The van der Waals surface area contributed by atoms with Gasteiger partial charge in [-0.05, 0) is 39.2 Å². The molecule has 114 valence electrons. The Hall–Kier alpha value is -0.750. The molecule has 5 nitrogen and oxygen atoms in total. The largest absolute Gasteiger partial charge is 0.343 e. The number of rotatable bonds is 6. The fourth-order valence-corrected chi connectivity index (χ4v) is 4.66. The van der Waals surface area contributed by atoms with Gasteiger partial charge in [0, 0.05) is 17.8 Å². The van der Waals surface area contributed by atoms with Gasteiger partial charge < -0.3 is 5.32 Å². The highest BCUT2D eigenvalue weighted by Gasteiger charge is 2.31. The summed E-state index contributed by atoms with van der Waals surface area (Å²) in [5.41, 5.74) is -0.100. The molecule has 1 aromatic rings. The molecule has 3 atom stereocenters. The van der Waals surface area contributed by atoms with Gasteiger partial charge >= 0.3 is 5.69 Å². The van der Waals surface area contributed by atoms with Crippen molar-refractivity contribution in [1.29, 1.82) is 0 Å². The normalized spacial score (nSPS) is 26.9. The van der Waals surface area contributed by atoms with Crippen LogP contribution in [0.25, 0.3) is 0 Å². The summed E-state index contributed by atoms with van der Waals surface area (Å²) in [5.74, 6) is 0.822. The first-order chi connectivity index (χ1) is 9.69. The number of hydrogen-bond acceptors (Lipinski definition) is 4. The number of nitrogens with one attached hydrogen (secondary N) is 2. The maximum Gasteiger partial charge on any atom is 0.343 e. The smallest absolute Gasteiger partial charge is 0.316 e. The first-order valence-corrected chi connectivity index (χ1v) is 8.56. The van der Waals surface area contributed by atoms with Gasteiger partial charge in [-0.2, -0.15) is 0 Å². The van der Waals surface area contributed by atoms with E-state index in [1.807, 2.05) is 14.0 Å². The molecule has 1 aliphatic rings. The molecule has 1 aromatic heterocycles. The zero-order chi connectivity index (χ0) is 14.5. The average Bonchev–Trinajstić information content (AvgIpc) is 2.80. The summed E-state index contributed by atoms with van der Waals surface area (Å²) in [7, 11) is 2.04. The maximum atomic E-state index is 11.6. The predicted molar refractivity (Wildman–Crippen MR) is 83.3 cm³/mol. The lowest BCUT2D eigenvalue weighted by Gasteiger charge is -2.35. The third-order valence-corrected chi connectivity index (χ3v) is 5.61. The predicted octanol–water partition coefficient (Wildman–Crippen LogP) is 2.24.